The van der Waals surface area contributed by atoms with Crippen LogP contribution in [0.1, 0.15) is 84.0 Å². The highest BCUT2D eigenvalue weighted by molar-refractivity contribution is 8.04. The van der Waals surface area contributed by atoms with Crippen LogP contribution in [0.4, 0.5) is 0 Å². The molecule has 0 aliphatic carbocycles. The first-order valence-corrected chi connectivity index (χ1v) is 9.67. The standard InChI is InChI=1S/C16H32OS2/c1-2-3-4-5-6-7-8-9-10-11-12-13-14-19-15-16(17)18/h2-15H2,1H3,(H,17,18). The van der Waals surface area contributed by atoms with Gasteiger partial charge in [0.05, 0.1) is 5.75 Å². The van der Waals surface area contributed by atoms with Gasteiger partial charge in [0.15, 0.2) is 5.12 Å². The number of thioether (sulfide) groups is 1. The summed E-state index contributed by atoms with van der Waals surface area (Å²) in [5.41, 5.74) is 0. The molecule has 0 aromatic carbocycles. The second-order valence-electron chi connectivity index (χ2n) is 5.34. The molecule has 0 heterocycles. The van der Waals surface area contributed by atoms with Gasteiger partial charge in [0.1, 0.15) is 0 Å². The molecule has 0 saturated carbocycles. The summed E-state index contributed by atoms with van der Waals surface area (Å²) < 4.78 is 0. The summed E-state index contributed by atoms with van der Waals surface area (Å²) in [5.74, 6) is 1.69. The van der Waals surface area contributed by atoms with Crippen LogP contribution in [0.5, 0.6) is 0 Å². The molecule has 114 valence electrons. The summed E-state index contributed by atoms with van der Waals surface area (Å²) in [6.45, 7) is 2.27. The minimum absolute atomic E-state index is 0.00365. The van der Waals surface area contributed by atoms with Crippen molar-refractivity contribution in [3.05, 3.63) is 0 Å². The van der Waals surface area contributed by atoms with Crippen LogP contribution in [-0.2, 0) is 4.79 Å². The Kier molecular flexibility index (Phi) is 16.7. The topological polar surface area (TPSA) is 17.1 Å². The van der Waals surface area contributed by atoms with Crippen molar-refractivity contribution in [3.8, 4) is 0 Å². The molecule has 0 radical (unpaired) electrons. The van der Waals surface area contributed by atoms with Crippen LogP contribution in [0.25, 0.3) is 0 Å². The highest BCUT2D eigenvalue weighted by Crippen LogP contribution is 2.13. The quantitative estimate of drug-likeness (QED) is 0.301. The van der Waals surface area contributed by atoms with Gasteiger partial charge < -0.3 is 0 Å². The van der Waals surface area contributed by atoms with Gasteiger partial charge in [-0.3, -0.25) is 4.79 Å². The van der Waals surface area contributed by atoms with Gasteiger partial charge in [0.2, 0.25) is 0 Å². The van der Waals surface area contributed by atoms with Crippen LogP contribution < -0.4 is 0 Å². The molecule has 0 aromatic heterocycles. The minimum Gasteiger partial charge on any atom is -0.287 e. The van der Waals surface area contributed by atoms with Gasteiger partial charge in [0.25, 0.3) is 0 Å². The SMILES string of the molecule is CCCCCCCCCCCCCCSCC(=O)S. The van der Waals surface area contributed by atoms with E-state index in [2.05, 4.69) is 19.6 Å². The van der Waals surface area contributed by atoms with Crippen molar-refractivity contribution in [3.63, 3.8) is 0 Å². The van der Waals surface area contributed by atoms with Crippen LogP contribution in [0.3, 0.4) is 0 Å². The second-order valence-corrected chi connectivity index (χ2v) is 6.94. The highest BCUT2D eigenvalue weighted by atomic mass is 32.2. The molecule has 0 amide bonds. The molecule has 0 aliphatic rings. The summed E-state index contributed by atoms with van der Waals surface area (Å²) in [4.78, 5) is 10.6. The van der Waals surface area contributed by atoms with Gasteiger partial charge >= 0.3 is 0 Å². The normalized spacial score (nSPS) is 10.8. The summed E-state index contributed by atoms with van der Waals surface area (Å²) >= 11 is 5.47. The van der Waals surface area contributed by atoms with Crippen molar-refractivity contribution in [2.75, 3.05) is 11.5 Å². The average molecular weight is 305 g/mol. The molecule has 0 rings (SSSR count). The first kappa shape index (κ1) is 19.4. The first-order valence-electron chi connectivity index (χ1n) is 8.07. The Morgan fingerprint density at radius 2 is 1.21 bits per heavy atom. The Morgan fingerprint density at radius 3 is 1.63 bits per heavy atom. The molecule has 19 heavy (non-hydrogen) atoms. The smallest absolute Gasteiger partial charge is 0.195 e. The Morgan fingerprint density at radius 1 is 0.789 bits per heavy atom. The van der Waals surface area contributed by atoms with Crippen molar-refractivity contribution < 1.29 is 4.79 Å². The molecule has 1 nitrogen and oxygen atoms in total. The zero-order valence-corrected chi connectivity index (χ0v) is 14.4. The number of carbonyl (C=O) groups excluding carboxylic acids is 1. The van der Waals surface area contributed by atoms with Crippen LogP contribution in [0.2, 0.25) is 0 Å². The zero-order valence-electron chi connectivity index (χ0n) is 12.7. The lowest BCUT2D eigenvalue weighted by Crippen LogP contribution is -1.91. The molecule has 0 atom stereocenters. The van der Waals surface area contributed by atoms with E-state index < -0.39 is 0 Å². The predicted octanol–water partition coefficient (Wildman–Crippen LogP) is 5.88. The molecule has 0 bridgehead atoms. The first-order chi connectivity index (χ1) is 9.27. The summed E-state index contributed by atoms with van der Waals surface area (Å²) in [6.07, 6.45) is 16.7. The van der Waals surface area contributed by atoms with Crippen molar-refractivity contribution in [1.29, 1.82) is 0 Å². The Balaban J connectivity index is 2.93. The molecule has 0 saturated heterocycles. The maximum absolute atomic E-state index is 10.6. The minimum atomic E-state index is 0.00365. The molecule has 0 unspecified atom stereocenters. The van der Waals surface area contributed by atoms with Gasteiger partial charge in [-0.1, -0.05) is 77.6 Å². The number of hydrogen-bond acceptors (Lipinski definition) is 2. The van der Waals surface area contributed by atoms with Crippen LogP contribution in [0.15, 0.2) is 0 Å². The molecule has 0 fully saturated rings. The fraction of sp³-hybridized carbons (Fsp3) is 0.938. The molecular weight excluding hydrogens is 272 g/mol. The van der Waals surface area contributed by atoms with Gasteiger partial charge in [-0.2, -0.15) is 11.8 Å². The van der Waals surface area contributed by atoms with E-state index in [1.54, 1.807) is 11.8 Å². The lowest BCUT2D eigenvalue weighted by molar-refractivity contribution is -0.108. The van der Waals surface area contributed by atoms with Gasteiger partial charge in [-0.15, -0.1) is 12.6 Å². The van der Waals surface area contributed by atoms with Crippen LogP contribution in [-0.4, -0.2) is 16.6 Å². The van der Waals surface area contributed by atoms with Crippen molar-refractivity contribution in [1.82, 2.24) is 0 Å². The van der Waals surface area contributed by atoms with Gasteiger partial charge in [-0.25, -0.2) is 0 Å². The third kappa shape index (κ3) is 18.4. The fourth-order valence-corrected chi connectivity index (χ4v) is 3.21. The number of hydrogen-bond donors (Lipinski definition) is 1. The second kappa shape index (κ2) is 16.4. The molecule has 3 heteroatoms. The molecule has 0 N–H and O–H groups in total. The lowest BCUT2D eigenvalue weighted by atomic mass is 10.1. The highest BCUT2D eigenvalue weighted by Gasteiger charge is 1.96. The number of carbonyl (C=O) groups is 1. The predicted molar refractivity (Wildman–Crippen MR) is 92.4 cm³/mol. The van der Waals surface area contributed by atoms with E-state index in [1.165, 1.54) is 77.0 Å². The van der Waals surface area contributed by atoms with E-state index in [1.807, 2.05) is 0 Å². The van der Waals surface area contributed by atoms with Gasteiger partial charge in [-0.05, 0) is 12.2 Å². The summed E-state index contributed by atoms with van der Waals surface area (Å²) in [7, 11) is 0. The van der Waals surface area contributed by atoms with Crippen LogP contribution >= 0.6 is 24.4 Å². The summed E-state index contributed by atoms with van der Waals surface area (Å²) in [5, 5.41) is 0.00365. The van der Waals surface area contributed by atoms with Crippen molar-refractivity contribution in [2.45, 2.75) is 84.0 Å². The van der Waals surface area contributed by atoms with Crippen molar-refractivity contribution in [2.24, 2.45) is 0 Å². The number of thiol groups is 1. The lowest BCUT2D eigenvalue weighted by Gasteiger charge is -2.02. The van der Waals surface area contributed by atoms with E-state index >= 15 is 0 Å². The Bertz CT molecular complexity index is 195. The summed E-state index contributed by atoms with van der Waals surface area (Å²) in [6, 6.07) is 0. The molecular formula is C16H32OS2. The molecule has 0 aromatic rings. The van der Waals surface area contributed by atoms with E-state index in [4.69, 9.17) is 0 Å². The Hall–Kier alpha value is 0.370. The molecule has 0 aliphatic heterocycles. The van der Waals surface area contributed by atoms with Gasteiger partial charge in [0, 0.05) is 0 Å². The average Bonchev–Trinajstić information content (AvgIpc) is 2.39. The van der Waals surface area contributed by atoms with Crippen LogP contribution in [0, 0.1) is 0 Å². The third-order valence-electron chi connectivity index (χ3n) is 3.37. The van der Waals surface area contributed by atoms with Crippen molar-refractivity contribution >= 4 is 29.5 Å². The largest absolute Gasteiger partial charge is 0.287 e. The molecule has 0 spiro atoms. The van der Waals surface area contributed by atoms with E-state index in [-0.39, 0.29) is 5.12 Å². The number of rotatable bonds is 15. The third-order valence-corrected chi connectivity index (χ3v) is 4.78. The number of unbranched alkanes of at least 4 members (excludes halogenated alkanes) is 11. The fourth-order valence-electron chi connectivity index (χ4n) is 2.20. The maximum atomic E-state index is 10.6. The monoisotopic (exact) mass is 304 g/mol. The van der Waals surface area contributed by atoms with E-state index in [0.717, 1.165) is 5.75 Å². The Labute approximate surface area is 130 Å². The van der Waals surface area contributed by atoms with E-state index in [9.17, 15) is 4.79 Å². The zero-order chi connectivity index (χ0) is 14.2. The van der Waals surface area contributed by atoms with E-state index in [0.29, 0.717) is 5.75 Å². The maximum Gasteiger partial charge on any atom is 0.195 e.